The number of carbonyl (C=O) groups excluding carboxylic acids is 1. The Labute approximate surface area is 193 Å². The minimum atomic E-state index is -1.26. The van der Waals surface area contributed by atoms with Gasteiger partial charge in [0.2, 0.25) is 0 Å². The van der Waals surface area contributed by atoms with E-state index in [0.29, 0.717) is 29.3 Å². The molecule has 0 spiro atoms. The molecule has 2 aliphatic rings. The van der Waals surface area contributed by atoms with E-state index in [0.717, 1.165) is 24.9 Å². The van der Waals surface area contributed by atoms with Crippen LogP contribution in [0, 0.1) is 0 Å². The fraction of sp³-hybridized carbons (Fsp3) is 0.522. The highest BCUT2D eigenvalue weighted by Crippen LogP contribution is 2.35. The van der Waals surface area contributed by atoms with Gasteiger partial charge in [0, 0.05) is 42.0 Å². The third kappa shape index (κ3) is 7.24. The standard InChI is InChI=1S/C19H27ClN2O2.C4H4O4/c1-4-18(22(3)14-7-5-13(20)6-8-14)19(23)24-17-11-15-9-10-16(12-17)21(15)2;5-3(6)1-2-4(7)8/h5-8,15-18H,4,9-12H2,1-3H3;1-2H,(H,5,6)(H,7,8)/b;2-1-. The predicted molar refractivity (Wildman–Crippen MR) is 122 cm³/mol. The number of ether oxygens (including phenoxy) is 1. The van der Waals surface area contributed by atoms with E-state index >= 15 is 0 Å². The molecule has 32 heavy (non-hydrogen) atoms. The maximum absolute atomic E-state index is 12.7. The third-order valence-corrected chi connectivity index (χ3v) is 6.32. The topological polar surface area (TPSA) is 107 Å². The Morgan fingerprint density at radius 2 is 1.62 bits per heavy atom. The second-order valence-electron chi connectivity index (χ2n) is 8.10. The largest absolute Gasteiger partial charge is 0.478 e. The van der Waals surface area contributed by atoms with Crippen LogP contribution in [0.5, 0.6) is 0 Å². The van der Waals surface area contributed by atoms with Gasteiger partial charge >= 0.3 is 17.9 Å². The number of carboxylic acids is 2. The van der Waals surface area contributed by atoms with Crippen molar-refractivity contribution in [3.8, 4) is 0 Å². The van der Waals surface area contributed by atoms with Crippen LogP contribution in [-0.4, -0.2) is 71.3 Å². The van der Waals surface area contributed by atoms with Gasteiger partial charge in [-0.3, -0.25) is 0 Å². The molecule has 1 aromatic carbocycles. The zero-order valence-corrected chi connectivity index (χ0v) is 19.4. The van der Waals surface area contributed by atoms with Crippen molar-refractivity contribution in [1.82, 2.24) is 4.90 Å². The second-order valence-corrected chi connectivity index (χ2v) is 8.54. The Bertz CT molecular complexity index is 798. The van der Waals surface area contributed by atoms with Crippen molar-refractivity contribution >= 4 is 35.2 Å². The third-order valence-electron chi connectivity index (χ3n) is 6.07. The summed E-state index contributed by atoms with van der Waals surface area (Å²) in [4.78, 5) is 36.3. The summed E-state index contributed by atoms with van der Waals surface area (Å²) >= 11 is 5.95. The van der Waals surface area contributed by atoms with E-state index in [-0.39, 0.29) is 18.1 Å². The lowest BCUT2D eigenvalue weighted by molar-refractivity contribution is -0.154. The van der Waals surface area contributed by atoms with Crippen LogP contribution >= 0.6 is 11.6 Å². The minimum absolute atomic E-state index is 0.0684. The first kappa shape index (κ1) is 25.7. The lowest BCUT2D eigenvalue weighted by Gasteiger charge is -2.37. The highest BCUT2D eigenvalue weighted by molar-refractivity contribution is 6.30. The highest BCUT2D eigenvalue weighted by Gasteiger charge is 2.40. The number of nitrogens with zero attached hydrogens (tertiary/aromatic N) is 2. The van der Waals surface area contributed by atoms with Gasteiger partial charge in [0.1, 0.15) is 12.1 Å². The molecule has 2 bridgehead atoms. The van der Waals surface area contributed by atoms with Crippen molar-refractivity contribution in [3.05, 3.63) is 41.4 Å². The number of carboxylic acid groups (broad SMARTS) is 2. The van der Waals surface area contributed by atoms with Gasteiger partial charge in [0.25, 0.3) is 0 Å². The Morgan fingerprint density at radius 3 is 2.06 bits per heavy atom. The molecule has 2 saturated heterocycles. The number of carbonyl (C=O) groups is 3. The summed E-state index contributed by atoms with van der Waals surface area (Å²) in [7, 11) is 4.14. The van der Waals surface area contributed by atoms with Gasteiger partial charge in [-0.05, 0) is 63.4 Å². The SMILES string of the molecule is CCC(C(=O)OC1CC2CCC(C1)N2C)N(C)c1ccc(Cl)cc1.O=C(O)/C=C\C(=O)O. The van der Waals surface area contributed by atoms with Gasteiger partial charge < -0.3 is 24.7 Å². The smallest absolute Gasteiger partial charge is 0.329 e. The number of hydrogen-bond acceptors (Lipinski definition) is 6. The van der Waals surface area contributed by atoms with E-state index < -0.39 is 11.9 Å². The molecule has 1 aromatic rings. The van der Waals surface area contributed by atoms with Gasteiger partial charge in [-0.2, -0.15) is 0 Å². The van der Waals surface area contributed by atoms with Crippen molar-refractivity contribution in [1.29, 1.82) is 0 Å². The molecule has 2 aliphatic heterocycles. The number of hydrogen-bond donors (Lipinski definition) is 2. The monoisotopic (exact) mass is 466 g/mol. The van der Waals surface area contributed by atoms with E-state index in [9.17, 15) is 14.4 Å². The molecule has 0 saturated carbocycles. The van der Waals surface area contributed by atoms with E-state index in [1.165, 1.54) is 12.8 Å². The van der Waals surface area contributed by atoms with Crippen LogP contribution < -0.4 is 4.90 Å². The van der Waals surface area contributed by atoms with Gasteiger partial charge in [0.05, 0.1) is 0 Å². The number of anilines is 1. The van der Waals surface area contributed by atoms with Crippen LogP contribution in [0.4, 0.5) is 5.69 Å². The summed E-state index contributed by atoms with van der Waals surface area (Å²) in [5.74, 6) is -2.62. The molecular formula is C23H31ClN2O6. The van der Waals surface area contributed by atoms with Crippen LogP contribution in [0.2, 0.25) is 5.02 Å². The van der Waals surface area contributed by atoms with Gasteiger partial charge in [-0.15, -0.1) is 0 Å². The summed E-state index contributed by atoms with van der Waals surface area (Å²) < 4.78 is 5.91. The Morgan fingerprint density at radius 1 is 1.12 bits per heavy atom. The number of fused-ring (bicyclic) bond motifs is 2. The maximum Gasteiger partial charge on any atom is 0.329 e. The van der Waals surface area contributed by atoms with Gasteiger partial charge in [-0.25, -0.2) is 14.4 Å². The Kier molecular flexibility index (Phi) is 9.53. The fourth-order valence-electron chi connectivity index (χ4n) is 4.30. The normalized spacial score (nSPS) is 23.2. The number of piperidine rings is 1. The molecule has 2 heterocycles. The van der Waals surface area contributed by atoms with Crippen LogP contribution in [-0.2, 0) is 19.1 Å². The molecule has 2 N–H and O–H groups in total. The van der Waals surface area contributed by atoms with Crippen LogP contribution in [0.15, 0.2) is 36.4 Å². The van der Waals surface area contributed by atoms with Crippen molar-refractivity contribution in [2.45, 2.75) is 63.3 Å². The average Bonchev–Trinajstić information content (AvgIpc) is 2.94. The van der Waals surface area contributed by atoms with E-state index in [1.807, 2.05) is 43.1 Å². The summed E-state index contributed by atoms with van der Waals surface area (Å²) in [6.45, 7) is 2.02. The minimum Gasteiger partial charge on any atom is -0.478 e. The number of aliphatic carboxylic acids is 2. The molecule has 0 radical (unpaired) electrons. The second kappa shape index (κ2) is 11.9. The number of rotatable bonds is 7. The van der Waals surface area contributed by atoms with E-state index in [2.05, 4.69) is 11.9 Å². The van der Waals surface area contributed by atoms with Crippen molar-refractivity contribution in [2.75, 3.05) is 19.0 Å². The first-order valence-corrected chi connectivity index (χ1v) is 11.0. The maximum atomic E-state index is 12.7. The summed E-state index contributed by atoms with van der Waals surface area (Å²) in [6.07, 6.45) is 6.31. The Hall–Kier alpha value is -2.58. The number of esters is 1. The molecule has 3 unspecified atom stereocenters. The molecule has 2 fully saturated rings. The zero-order valence-electron chi connectivity index (χ0n) is 18.6. The summed E-state index contributed by atoms with van der Waals surface area (Å²) in [5, 5.41) is 16.3. The first-order valence-electron chi connectivity index (χ1n) is 10.7. The number of likely N-dealkylation sites (N-methyl/N-ethyl adjacent to an activating group) is 1. The first-order chi connectivity index (χ1) is 15.1. The highest BCUT2D eigenvalue weighted by atomic mass is 35.5. The average molecular weight is 467 g/mol. The number of benzene rings is 1. The van der Waals surface area contributed by atoms with Crippen LogP contribution in [0.25, 0.3) is 0 Å². The molecule has 0 aromatic heterocycles. The lowest BCUT2D eigenvalue weighted by Crippen LogP contribution is -2.46. The van der Waals surface area contributed by atoms with E-state index in [4.69, 9.17) is 26.6 Å². The molecule has 0 aliphatic carbocycles. The number of halogens is 1. The molecular weight excluding hydrogens is 436 g/mol. The molecule has 9 heteroatoms. The lowest BCUT2D eigenvalue weighted by atomic mass is 10.0. The van der Waals surface area contributed by atoms with Crippen molar-refractivity contribution in [2.24, 2.45) is 0 Å². The summed E-state index contributed by atoms with van der Waals surface area (Å²) in [5.41, 5.74) is 0.978. The van der Waals surface area contributed by atoms with Crippen molar-refractivity contribution < 1.29 is 29.3 Å². The molecule has 3 atom stereocenters. The van der Waals surface area contributed by atoms with Crippen LogP contribution in [0.3, 0.4) is 0 Å². The quantitative estimate of drug-likeness (QED) is 0.465. The fourth-order valence-corrected chi connectivity index (χ4v) is 4.42. The molecule has 176 valence electrons. The Balaban J connectivity index is 0.000000390. The molecule has 0 amide bonds. The molecule has 8 nitrogen and oxygen atoms in total. The van der Waals surface area contributed by atoms with Gasteiger partial charge in [0.15, 0.2) is 0 Å². The molecule has 3 rings (SSSR count). The summed E-state index contributed by atoms with van der Waals surface area (Å²) in [6, 6.07) is 8.47. The zero-order chi connectivity index (χ0) is 23.8. The van der Waals surface area contributed by atoms with Gasteiger partial charge in [-0.1, -0.05) is 18.5 Å². The van der Waals surface area contributed by atoms with Crippen molar-refractivity contribution in [3.63, 3.8) is 0 Å². The predicted octanol–water partition coefficient (Wildman–Crippen LogP) is 3.44. The van der Waals surface area contributed by atoms with E-state index in [1.54, 1.807) is 0 Å². The van der Waals surface area contributed by atoms with Crippen LogP contribution in [0.1, 0.15) is 39.0 Å².